The lowest BCUT2D eigenvalue weighted by Crippen LogP contribution is -2.48. The second kappa shape index (κ2) is 11.7. The number of urea groups is 1. The van der Waals surface area contributed by atoms with Gasteiger partial charge in [-0.3, -0.25) is 10.1 Å². The second-order valence-corrected chi connectivity index (χ2v) is 9.25. The summed E-state index contributed by atoms with van der Waals surface area (Å²) in [5, 5.41) is 7.68. The molecule has 196 valence electrons. The highest BCUT2D eigenvalue weighted by molar-refractivity contribution is 6.06. The number of benzene rings is 3. The Labute approximate surface area is 223 Å². The van der Waals surface area contributed by atoms with Crippen LogP contribution in [0.5, 0.6) is 11.5 Å². The van der Waals surface area contributed by atoms with Gasteiger partial charge in [0, 0.05) is 49.7 Å². The van der Waals surface area contributed by atoms with E-state index in [0.717, 1.165) is 35.1 Å². The molecule has 0 atom stereocenters. The third kappa shape index (κ3) is 6.46. The van der Waals surface area contributed by atoms with Crippen LogP contribution in [0.15, 0.2) is 79.0 Å². The number of rotatable bonds is 5. The normalized spacial score (nSPS) is 13.5. The van der Waals surface area contributed by atoms with Gasteiger partial charge in [-0.2, -0.15) is 0 Å². The van der Waals surface area contributed by atoms with Crippen molar-refractivity contribution in [3.05, 3.63) is 90.1 Å². The molecular weight excluding hydrogens is 478 g/mol. The number of piperazine rings is 1. The number of pyridine rings is 1. The third-order valence-electron chi connectivity index (χ3n) is 6.34. The van der Waals surface area contributed by atoms with Gasteiger partial charge >= 0.3 is 6.03 Å². The Bertz CT molecular complexity index is 1450. The molecule has 8 nitrogen and oxygen atoms in total. The maximum Gasteiger partial charge on any atom is 0.323 e. The zero-order valence-electron chi connectivity index (χ0n) is 20.9. The Hall–Kier alpha value is -4.43. The van der Waals surface area contributed by atoms with Crippen molar-refractivity contribution in [1.82, 2.24) is 14.8 Å². The van der Waals surface area contributed by atoms with Crippen molar-refractivity contribution in [2.75, 3.05) is 43.9 Å². The minimum atomic E-state index is -0.173. The smallest absolute Gasteiger partial charge is 0.323 e. The van der Waals surface area contributed by atoms with Gasteiger partial charge in [0.2, 0.25) is 0 Å². The predicted molar refractivity (Wildman–Crippen MR) is 152 cm³/mol. The van der Waals surface area contributed by atoms with Crippen LogP contribution in [0.1, 0.15) is 23.3 Å². The minimum Gasteiger partial charge on any atom is -0.457 e. The highest BCUT2D eigenvalue weighted by Gasteiger charge is 2.19. The van der Waals surface area contributed by atoms with Crippen LogP contribution in [0.4, 0.5) is 16.3 Å². The van der Waals surface area contributed by atoms with Crippen LogP contribution in [0.25, 0.3) is 10.8 Å². The zero-order valence-corrected chi connectivity index (χ0v) is 20.9. The van der Waals surface area contributed by atoms with Crippen molar-refractivity contribution in [2.45, 2.75) is 14.4 Å². The molecule has 8 heteroatoms. The largest absolute Gasteiger partial charge is 0.457 e. The molecule has 0 aliphatic carbocycles. The van der Waals surface area contributed by atoms with Gasteiger partial charge in [-0.1, -0.05) is 31.7 Å². The number of nitrogens with zero attached hydrogens (tertiary/aromatic N) is 3. The molecule has 0 saturated carbocycles. The quantitative estimate of drug-likeness (QED) is 0.343. The molecule has 1 saturated heterocycles. The molecule has 2 N–H and O–H groups in total. The van der Waals surface area contributed by atoms with E-state index >= 15 is 0 Å². The van der Waals surface area contributed by atoms with Gasteiger partial charge in [0.05, 0.1) is 0 Å². The number of anilines is 2. The number of fused-ring (bicyclic) bond motifs is 1. The third-order valence-corrected chi connectivity index (χ3v) is 6.34. The Morgan fingerprint density at radius 3 is 2.39 bits per heavy atom. The fraction of sp³-hybridized carbons (Fsp3) is 0.233. The molecule has 4 aromatic rings. The zero-order chi connectivity index (χ0) is 25.8. The van der Waals surface area contributed by atoms with Crippen LogP contribution >= 0.6 is 0 Å². The molecule has 0 spiro atoms. The number of aromatic nitrogens is 1. The van der Waals surface area contributed by atoms with Crippen molar-refractivity contribution in [3.8, 4) is 11.5 Å². The van der Waals surface area contributed by atoms with E-state index < -0.39 is 0 Å². The molecule has 3 amide bonds. The molecule has 0 radical (unpaired) electrons. The minimum absolute atomic E-state index is 0. The highest BCUT2D eigenvalue weighted by Crippen LogP contribution is 2.27. The summed E-state index contributed by atoms with van der Waals surface area (Å²) in [5.41, 5.74) is 2.40. The average molecular weight is 512 g/mol. The Morgan fingerprint density at radius 2 is 1.61 bits per heavy atom. The van der Waals surface area contributed by atoms with Gasteiger partial charge in [0.15, 0.2) is 0 Å². The molecule has 1 aliphatic heterocycles. The fourth-order valence-corrected chi connectivity index (χ4v) is 4.23. The van der Waals surface area contributed by atoms with Crippen LogP contribution in [0.3, 0.4) is 0 Å². The lowest BCUT2D eigenvalue weighted by atomic mass is 10.1. The lowest BCUT2D eigenvalue weighted by Gasteiger charge is -2.32. The van der Waals surface area contributed by atoms with Gasteiger partial charge in [0.25, 0.3) is 5.91 Å². The fourth-order valence-electron chi connectivity index (χ4n) is 4.23. The number of hydrogen-bond donors (Lipinski definition) is 2. The summed E-state index contributed by atoms with van der Waals surface area (Å²) in [6.07, 6.45) is 1.60. The second-order valence-electron chi connectivity index (χ2n) is 9.25. The first-order valence-electron chi connectivity index (χ1n) is 12.2. The lowest BCUT2D eigenvalue weighted by molar-refractivity contribution is 0.102. The predicted octanol–water partition coefficient (Wildman–Crippen LogP) is 6.00. The summed E-state index contributed by atoms with van der Waals surface area (Å²) >= 11 is 0. The Morgan fingerprint density at radius 1 is 0.842 bits per heavy atom. The van der Waals surface area contributed by atoms with Crippen molar-refractivity contribution in [2.24, 2.45) is 0 Å². The van der Waals surface area contributed by atoms with Crippen molar-refractivity contribution in [1.29, 1.82) is 0 Å². The maximum absolute atomic E-state index is 12.8. The topological polar surface area (TPSA) is 86.8 Å². The number of aryl methyl sites for hydroxylation is 1. The van der Waals surface area contributed by atoms with Crippen molar-refractivity contribution < 1.29 is 14.3 Å². The first-order valence-corrected chi connectivity index (χ1v) is 12.2. The average Bonchev–Trinajstić information content (AvgIpc) is 2.89. The van der Waals surface area contributed by atoms with Gasteiger partial charge < -0.3 is 19.9 Å². The number of carbonyl (C=O) groups is 2. The summed E-state index contributed by atoms with van der Waals surface area (Å²) in [4.78, 5) is 33.6. The molecule has 2 heterocycles. The Kier molecular flexibility index (Phi) is 8.23. The van der Waals surface area contributed by atoms with E-state index in [0.29, 0.717) is 36.0 Å². The van der Waals surface area contributed by atoms with E-state index in [4.69, 9.17) is 4.74 Å². The number of nitrogens with one attached hydrogen (secondary N) is 2. The van der Waals surface area contributed by atoms with Crippen LogP contribution in [0.2, 0.25) is 0 Å². The van der Waals surface area contributed by atoms with E-state index in [2.05, 4.69) is 20.5 Å². The van der Waals surface area contributed by atoms with Gasteiger partial charge in [0.1, 0.15) is 17.3 Å². The van der Waals surface area contributed by atoms with Crippen LogP contribution in [0, 0.1) is 6.92 Å². The van der Waals surface area contributed by atoms with Crippen LogP contribution in [-0.2, 0) is 0 Å². The van der Waals surface area contributed by atoms with Crippen molar-refractivity contribution in [3.63, 3.8) is 0 Å². The molecule has 3 aromatic carbocycles. The van der Waals surface area contributed by atoms with Crippen LogP contribution in [-0.4, -0.2) is 59.9 Å². The van der Waals surface area contributed by atoms with E-state index in [1.54, 1.807) is 23.2 Å². The summed E-state index contributed by atoms with van der Waals surface area (Å²) in [6, 6.07) is 22.3. The number of ether oxygens (including phenoxy) is 1. The number of carbonyl (C=O) groups excluding carboxylic acids is 2. The molecular formula is C30H33N5O3. The number of likely N-dealkylation sites (N-methyl/N-ethyl adjacent to an activating group) is 1. The number of hydrogen-bond acceptors (Lipinski definition) is 5. The summed E-state index contributed by atoms with van der Waals surface area (Å²) < 4.78 is 6.07. The summed E-state index contributed by atoms with van der Waals surface area (Å²) in [7, 11) is 2.05. The monoisotopic (exact) mass is 511 g/mol. The summed E-state index contributed by atoms with van der Waals surface area (Å²) in [6.45, 7) is 5.05. The van der Waals surface area contributed by atoms with Gasteiger partial charge in [-0.15, -0.1) is 0 Å². The first kappa shape index (κ1) is 26.6. The van der Waals surface area contributed by atoms with Gasteiger partial charge in [-0.05, 0) is 72.8 Å². The SMILES string of the molecule is C.Cc1cccc(NC(=O)c2ccc3ccc(Oc4ccnc(NC(=O)N5CCN(C)CC5)c4)cc3c2)c1. The molecule has 1 fully saturated rings. The van der Waals surface area contributed by atoms with Crippen molar-refractivity contribution >= 4 is 34.2 Å². The van der Waals surface area contributed by atoms with E-state index in [1.807, 2.05) is 74.6 Å². The molecule has 0 bridgehead atoms. The van der Waals surface area contributed by atoms with Gasteiger partial charge in [-0.25, -0.2) is 9.78 Å². The van der Waals surface area contributed by atoms with E-state index in [1.165, 1.54) is 0 Å². The highest BCUT2D eigenvalue weighted by atomic mass is 16.5. The summed E-state index contributed by atoms with van der Waals surface area (Å²) in [5.74, 6) is 1.42. The number of amides is 3. The van der Waals surface area contributed by atoms with E-state index in [9.17, 15) is 9.59 Å². The molecule has 38 heavy (non-hydrogen) atoms. The molecule has 0 unspecified atom stereocenters. The first-order chi connectivity index (χ1) is 17.9. The maximum atomic E-state index is 12.8. The molecule has 1 aromatic heterocycles. The molecule has 5 rings (SSSR count). The molecule has 1 aliphatic rings. The van der Waals surface area contributed by atoms with Crippen LogP contribution < -0.4 is 15.4 Å². The Balaban J connectivity index is 0.00000336. The standard InChI is InChI=1S/C29H29N5O3.CH4/c1-20-4-3-5-24(16-20)31-28(35)22-7-6-21-8-9-25(18-23(21)17-22)37-26-10-11-30-27(19-26)32-29(36)34-14-12-33(2)13-15-34;/h3-11,16-19H,12-15H2,1-2H3,(H,31,35)(H,30,32,36);1H4. The van der Waals surface area contributed by atoms with E-state index in [-0.39, 0.29) is 19.4 Å².